The van der Waals surface area contributed by atoms with Gasteiger partial charge in [-0.1, -0.05) is 0 Å². The van der Waals surface area contributed by atoms with E-state index in [0.29, 0.717) is 0 Å². The fourth-order valence-corrected chi connectivity index (χ4v) is 1.39. The average Bonchev–Trinajstić information content (AvgIpc) is 2.72. The van der Waals surface area contributed by atoms with Crippen molar-refractivity contribution in [2.75, 3.05) is 13.1 Å². The Kier molecular flexibility index (Phi) is 2.58. The fourth-order valence-electron chi connectivity index (χ4n) is 1.39. The zero-order chi connectivity index (χ0) is 9.80. The number of ether oxygens (including phenoxy) is 1. The molecule has 1 saturated heterocycles. The third kappa shape index (κ3) is 1.99. The molecule has 0 aromatic carbocycles. The Bertz CT molecular complexity index is 309. The van der Waals surface area contributed by atoms with Crippen molar-refractivity contribution < 1.29 is 9.53 Å². The van der Waals surface area contributed by atoms with Crippen molar-refractivity contribution in [2.45, 2.75) is 12.8 Å². The van der Waals surface area contributed by atoms with E-state index in [4.69, 9.17) is 4.74 Å². The third-order valence-corrected chi connectivity index (χ3v) is 2.10. The number of hydrogen-bond acceptors (Lipinski definition) is 4. The Labute approximate surface area is 81.7 Å². The van der Waals surface area contributed by atoms with Gasteiger partial charge in [0.25, 0.3) is 0 Å². The van der Waals surface area contributed by atoms with Gasteiger partial charge < -0.3 is 9.64 Å². The number of aromatic nitrogens is 2. The van der Waals surface area contributed by atoms with Gasteiger partial charge in [0, 0.05) is 25.5 Å². The summed E-state index contributed by atoms with van der Waals surface area (Å²) in [7, 11) is 0. The zero-order valence-corrected chi connectivity index (χ0v) is 7.72. The summed E-state index contributed by atoms with van der Waals surface area (Å²) in [6, 6.07) is 0. The molecular weight excluding hydrogens is 182 g/mol. The number of likely N-dealkylation sites (tertiary alicyclic amines) is 1. The van der Waals surface area contributed by atoms with Crippen LogP contribution in [-0.4, -0.2) is 34.1 Å². The highest BCUT2D eigenvalue weighted by Crippen LogP contribution is 2.10. The van der Waals surface area contributed by atoms with E-state index in [-0.39, 0.29) is 12.0 Å². The molecule has 1 aliphatic rings. The Morgan fingerprint density at radius 2 is 2.14 bits per heavy atom. The summed E-state index contributed by atoms with van der Waals surface area (Å²) in [5.41, 5.74) is 0. The van der Waals surface area contributed by atoms with Crippen molar-refractivity contribution in [3.63, 3.8) is 0 Å². The third-order valence-electron chi connectivity index (χ3n) is 2.10. The lowest BCUT2D eigenvalue weighted by Crippen LogP contribution is -2.30. The Morgan fingerprint density at radius 1 is 1.36 bits per heavy atom. The highest BCUT2D eigenvalue weighted by Gasteiger charge is 2.19. The Hall–Kier alpha value is -1.65. The lowest BCUT2D eigenvalue weighted by Gasteiger charge is -2.13. The van der Waals surface area contributed by atoms with Crippen LogP contribution >= 0.6 is 0 Å². The zero-order valence-electron chi connectivity index (χ0n) is 7.72. The highest BCUT2D eigenvalue weighted by atomic mass is 16.6. The molecule has 1 aliphatic heterocycles. The van der Waals surface area contributed by atoms with Crippen LogP contribution < -0.4 is 4.74 Å². The Balaban J connectivity index is 1.94. The predicted molar refractivity (Wildman–Crippen MR) is 48.9 cm³/mol. The van der Waals surface area contributed by atoms with Crippen LogP contribution in [0.4, 0.5) is 4.79 Å². The molecule has 0 unspecified atom stereocenters. The molecule has 1 aromatic rings. The van der Waals surface area contributed by atoms with Gasteiger partial charge in [-0.05, 0) is 12.8 Å². The number of rotatable bonds is 1. The second-order valence-corrected chi connectivity index (χ2v) is 3.11. The van der Waals surface area contributed by atoms with Crippen LogP contribution in [0.5, 0.6) is 5.88 Å². The number of nitrogens with zero attached hydrogens (tertiary/aromatic N) is 3. The fraction of sp³-hybridized carbons (Fsp3) is 0.444. The first-order valence-electron chi connectivity index (χ1n) is 4.59. The minimum absolute atomic E-state index is 0.254. The van der Waals surface area contributed by atoms with Crippen LogP contribution in [0.2, 0.25) is 0 Å². The van der Waals surface area contributed by atoms with E-state index in [1.165, 1.54) is 18.6 Å². The molecule has 1 aromatic heterocycles. The van der Waals surface area contributed by atoms with Gasteiger partial charge in [-0.3, -0.25) is 4.98 Å². The molecule has 0 radical (unpaired) electrons. The van der Waals surface area contributed by atoms with Crippen LogP contribution in [0.15, 0.2) is 18.6 Å². The van der Waals surface area contributed by atoms with Crippen molar-refractivity contribution in [3.8, 4) is 5.88 Å². The summed E-state index contributed by atoms with van der Waals surface area (Å²) in [5, 5.41) is 0. The molecule has 2 heterocycles. The SMILES string of the molecule is O=C(Oc1cnccn1)N1CCCC1. The minimum Gasteiger partial charge on any atom is -0.389 e. The van der Waals surface area contributed by atoms with E-state index in [9.17, 15) is 4.79 Å². The van der Waals surface area contributed by atoms with Crippen molar-refractivity contribution in [1.82, 2.24) is 14.9 Å². The van der Waals surface area contributed by atoms with Crippen LogP contribution in [0.1, 0.15) is 12.8 Å². The molecular formula is C9H11N3O2. The standard InChI is InChI=1S/C9H11N3O2/c13-9(12-5-1-2-6-12)14-8-7-10-3-4-11-8/h3-4,7H,1-2,5-6H2. The largest absolute Gasteiger partial charge is 0.416 e. The Morgan fingerprint density at radius 3 is 2.79 bits per heavy atom. The number of hydrogen-bond donors (Lipinski definition) is 0. The molecule has 1 amide bonds. The summed E-state index contributed by atoms with van der Waals surface area (Å²) in [6.07, 6.45) is 6.22. The van der Waals surface area contributed by atoms with E-state index in [1.54, 1.807) is 4.90 Å². The first-order chi connectivity index (χ1) is 6.86. The first kappa shape index (κ1) is 8.93. The lowest BCUT2D eigenvalue weighted by atomic mass is 10.4. The van der Waals surface area contributed by atoms with Crippen LogP contribution in [0.3, 0.4) is 0 Å². The quantitative estimate of drug-likeness (QED) is 0.669. The van der Waals surface area contributed by atoms with E-state index in [0.717, 1.165) is 25.9 Å². The normalized spacial score (nSPS) is 15.6. The molecule has 2 rings (SSSR count). The smallest absolute Gasteiger partial charge is 0.389 e. The van der Waals surface area contributed by atoms with Gasteiger partial charge >= 0.3 is 6.09 Å². The first-order valence-corrected chi connectivity index (χ1v) is 4.59. The number of carbonyl (C=O) groups is 1. The molecule has 1 fully saturated rings. The monoisotopic (exact) mass is 193 g/mol. The summed E-state index contributed by atoms with van der Waals surface area (Å²) < 4.78 is 5.01. The maximum atomic E-state index is 11.5. The summed E-state index contributed by atoms with van der Waals surface area (Å²) in [4.78, 5) is 20.8. The van der Waals surface area contributed by atoms with Crippen molar-refractivity contribution in [3.05, 3.63) is 18.6 Å². The molecule has 5 heteroatoms. The lowest BCUT2D eigenvalue weighted by molar-refractivity contribution is 0.160. The molecule has 0 saturated carbocycles. The van der Waals surface area contributed by atoms with Crippen LogP contribution in [0.25, 0.3) is 0 Å². The second kappa shape index (κ2) is 4.04. The summed E-state index contributed by atoms with van der Waals surface area (Å²) >= 11 is 0. The van der Waals surface area contributed by atoms with Crippen LogP contribution in [-0.2, 0) is 0 Å². The minimum atomic E-state index is -0.331. The van der Waals surface area contributed by atoms with Crippen molar-refractivity contribution in [2.24, 2.45) is 0 Å². The predicted octanol–water partition coefficient (Wildman–Crippen LogP) is 1.07. The molecule has 0 bridgehead atoms. The molecule has 14 heavy (non-hydrogen) atoms. The van der Waals surface area contributed by atoms with E-state index >= 15 is 0 Å². The van der Waals surface area contributed by atoms with Gasteiger partial charge in [0.2, 0.25) is 5.88 Å². The molecule has 0 aliphatic carbocycles. The number of carbonyl (C=O) groups excluding carboxylic acids is 1. The van der Waals surface area contributed by atoms with E-state index in [2.05, 4.69) is 9.97 Å². The van der Waals surface area contributed by atoms with Crippen molar-refractivity contribution >= 4 is 6.09 Å². The van der Waals surface area contributed by atoms with Gasteiger partial charge in [0.1, 0.15) is 0 Å². The van der Waals surface area contributed by atoms with Gasteiger partial charge in [-0.2, -0.15) is 0 Å². The second-order valence-electron chi connectivity index (χ2n) is 3.11. The number of amides is 1. The highest BCUT2D eigenvalue weighted by molar-refractivity contribution is 5.70. The van der Waals surface area contributed by atoms with Crippen molar-refractivity contribution in [1.29, 1.82) is 0 Å². The topological polar surface area (TPSA) is 55.3 Å². The van der Waals surface area contributed by atoms with Crippen LogP contribution in [0, 0.1) is 0 Å². The average molecular weight is 193 g/mol. The van der Waals surface area contributed by atoms with Gasteiger partial charge in [0.15, 0.2) is 0 Å². The van der Waals surface area contributed by atoms with E-state index < -0.39 is 0 Å². The maximum absolute atomic E-state index is 11.5. The molecule has 0 atom stereocenters. The molecule has 5 nitrogen and oxygen atoms in total. The van der Waals surface area contributed by atoms with Gasteiger partial charge in [-0.15, -0.1) is 0 Å². The van der Waals surface area contributed by atoms with Gasteiger partial charge in [0.05, 0.1) is 6.20 Å². The molecule has 74 valence electrons. The molecule has 0 spiro atoms. The maximum Gasteiger partial charge on any atom is 0.416 e. The van der Waals surface area contributed by atoms with Gasteiger partial charge in [-0.25, -0.2) is 9.78 Å². The summed E-state index contributed by atoms with van der Waals surface area (Å²) in [6.45, 7) is 1.55. The molecule has 0 N–H and O–H groups in total. The summed E-state index contributed by atoms with van der Waals surface area (Å²) in [5.74, 6) is 0.254. The van der Waals surface area contributed by atoms with E-state index in [1.807, 2.05) is 0 Å².